The standard InChI is InChI=1S/C12H10F2N2O2/c1-18-12(17)9-6-15-11(16-9)8-4-2-3-7(5-8)10(13)14/h2-6,10H,1H3,(H,15,16). The van der Waals surface area contributed by atoms with E-state index in [-0.39, 0.29) is 11.3 Å². The summed E-state index contributed by atoms with van der Waals surface area (Å²) in [5.41, 5.74) is 0.571. The van der Waals surface area contributed by atoms with Crippen LogP contribution in [0.3, 0.4) is 0 Å². The minimum absolute atomic E-state index is 0.0940. The van der Waals surface area contributed by atoms with Crippen LogP contribution >= 0.6 is 0 Å². The smallest absolute Gasteiger partial charge is 0.356 e. The van der Waals surface area contributed by atoms with Gasteiger partial charge in [-0.15, -0.1) is 0 Å². The first kappa shape index (κ1) is 12.2. The molecular weight excluding hydrogens is 242 g/mol. The van der Waals surface area contributed by atoms with Gasteiger partial charge in [0.2, 0.25) is 0 Å². The number of nitrogens with zero attached hydrogens (tertiary/aromatic N) is 1. The molecule has 0 aliphatic heterocycles. The van der Waals surface area contributed by atoms with Crippen molar-refractivity contribution in [3.8, 4) is 11.4 Å². The Morgan fingerprint density at radius 1 is 1.44 bits per heavy atom. The van der Waals surface area contributed by atoms with Crippen LogP contribution in [-0.2, 0) is 4.74 Å². The van der Waals surface area contributed by atoms with Crippen LogP contribution in [0, 0.1) is 0 Å². The summed E-state index contributed by atoms with van der Waals surface area (Å²) in [6, 6.07) is 5.80. The number of methoxy groups -OCH3 is 1. The third-order valence-corrected chi connectivity index (χ3v) is 2.39. The van der Waals surface area contributed by atoms with Gasteiger partial charge in [-0.3, -0.25) is 0 Å². The summed E-state index contributed by atoms with van der Waals surface area (Å²) in [5.74, 6) is -0.211. The number of H-pyrrole nitrogens is 1. The van der Waals surface area contributed by atoms with Crippen molar-refractivity contribution >= 4 is 5.97 Å². The molecule has 4 nitrogen and oxygen atoms in total. The average Bonchev–Trinajstić information content (AvgIpc) is 2.87. The number of benzene rings is 1. The van der Waals surface area contributed by atoms with E-state index in [4.69, 9.17) is 0 Å². The maximum Gasteiger partial charge on any atom is 0.356 e. The van der Waals surface area contributed by atoms with E-state index in [1.807, 2.05) is 0 Å². The van der Waals surface area contributed by atoms with Gasteiger partial charge in [0.05, 0.1) is 13.3 Å². The minimum Gasteiger partial charge on any atom is -0.464 e. The number of esters is 1. The van der Waals surface area contributed by atoms with Gasteiger partial charge >= 0.3 is 5.97 Å². The molecule has 0 radical (unpaired) electrons. The lowest BCUT2D eigenvalue weighted by Gasteiger charge is -2.02. The zero-order valence-corrected chi connectivity index (χ0v) is 9.48. The number of aromatic nitrogens is 2. The Balaban J connectivity index is 2.34. The van der Waals surface area contributed by atoms with Crippen molar-refractivity contribution in [1.29, 1.82) is 0 Å². The molecule has 0 aliphatic carbocycles. The van der Waals surface area contributed by atoms with Gasteiger partial charge in [0.15, 0.2) is 0 Å². The van der Waals surface area contributed by atoms with Crippen molar-refractivity contribution in [2.75, 3.05) is 7.11 Å². The molecule has 1 aromatic carbocycles. The number of nitrogens with one attached hydrogen (secondary N) is 1. The summed E-state index contributed by atoms with van der Waals surface area (Å²) in [7, 11) is 1.25. The summed E-state index contributed by atoms with van der Waals surface area (Å²) >= 11 is 0. The number of aromatic amines is 1. The van der Waals surface area contributed by atoms with E-state index in [1.165, 1.54) is 31.5 Å². The number of ether oxygens (including phenoxy) is 1. The maximum absolute atomic E-state index is 12.5. The number of imidazole rings is 1. The van der Waals surface area contributed by atoms with Crippen molar-refractivity contribution in [2.24, 2.45) is 0 Å². The van der Waals surface area contributed by atoms with Crippen molar-refractivity contribution < 1.29 is 18.3 Å². The number of carbonyl (C=O) groups is 1. The van der Waals surface area contributed by atoms with Gasteiger partial charge in [0, 0.05) is 11.1 Å². The van der Waals surface area contributed by atoms with E-state index in [1.54, 1.807) is 6.07 Å². The molecule has 2 aromatic rings. The van der Waals surface area contributed by atoms with Crippen LogP contribution < -0.4 is 0 Å². The second-order valence-corrected chi connectivity index (χ2v) is 3.56. The first-order valence-electron chi connectivity index (χ1n) is 5.13. The minimum atomic E-state index is -2.54. The van der Waals surface area contributed by atoms with Crippen molar-refractivity contribution in [3.63, 3.8) is 0 Å². The molecule has 18 heavy (non-hydrogen) atoms. The van der Waals surface area contributed by atoms with E-state index in [0.29, 0.717) is 11.4 Å². The second kappa shape index (κ2) is 4.95. The third kappa shape index (κ3) is 2.37. The highest BCUT2D eigenvalue weighted by Gasteiger charge is 2.12. The molecule has 1 heterocycles. The summed E-state index contributed by atoms with van der Waals surface area (Å²) in [4.78, 5) is 17.9. The molecule has 0 unspecified atom stereocenters. The van der Waals surface area contributed by atoms with Gasteiger partial charge in [-0.1, -0.05) is 18.2 Å². The number of carbonyl (C=O) groups excluding carboxylic acids is 1. The quantitative estimate of drug-likeness (QED) is 0.854. The molecule has 6 heteroatoms. The lowest BCUT2D eigenvalue weighted by molar-refractivity contribution is 0.0594. The van der Waals surface area contributed by atoms with Crippen LogP contribution in [0.4, 0.5) is 8.78 Å². The van der Waals surface area contributed by atoms with Gasteiger partial charge in [0.1, 0.15) is 11.5 Å². The molecule has 0 aliphatic rings. The zero-order valence-electron chi connectivity index (χ0n) is 9.48. The maximum atomic E-state index is 12.5. The Labute approximate surface area is 102 Å². The molecule has 0 atom stereocenters. The Morgan fingerprint density at radius 2 is 2.22 bits per heavy atom. The molecule has 2 rings (SSSR count). The van der Waals surface area contributed by atoms with E-state index in [2.05, 4.69) is 14.7 Å². The fourth-order valence-corrected chi connectivity index (χ4v) is 1.50. The van der Waals surface area contributed by atoms with Crippen LogP contribution in [-0.4, -0.2) is 23.0 Å². The Bertz CT molecular complexity index is 567. The summed E-state index contributed by atoms with van der Waals surface area (Å²) in [6.45, 7) is 0. The number of hydrogen-bond acceptors (Lipinski definition) is 3. The zero-order chi connectivity index (χ0) is 13.1. The molecule has 0 saturated carbocycles. The van der Waals surface area contributed by atoms with Crippen LogP contribution in [0.2, 0.25) is 0 Å². The van der Waals surface area contributed by atoms with Crippen molar-refractivity contribution in [2.45, 2.75) is 6.43 Å². The van der Waals surface area contributed by atoms with Crippen molar-refractivity contribution in [3.05, 3.63) is 41.7 Å². The molecular formula is C12H10F2N2O2. The molecule has 1 N–H and O–H groups in total. The molecule has 1 aromatic heterocycles. The van der Waals surface area contributed by atoms with Crippen LogP contribution in [0.15, 0.2) is 30.5 Å². The summed E-state index contributed by atoms with van der Waals surface area (Å²) < 4.78 is 29.6. The summed E-state index contributed by atoms with van der Waals surface area (Å²) in [5, 5.41) is 0. The Kier molecular flexibility index (Phi) is 3.36. The van der Waals surface area contributed by atoms with Crippen LogP contribution in [0.1, 0.15) is 22.5 Å². The Hall–Kier alpha value is -2.24. The average molecular weight is 252 g/mol. The first-order valence-corrected chi connectivity index (χ1v) is 5.13. The van der Waals surface area contributed by atoms with Crippen LogP contribution in [0.5, 0.6) is 0 Å². The lowest BCUT2D eigenvalue weighted by atomic mass is 10.1. The fourth-order valence-electron chi connectivity index (χ4n) is 1.50. The molecule has 0 saturated heterocycles. The monoisotopic (exact) mass is 252 g/mol. The number of hydrogen-bond donors (Lipinski definition) is 1. The van der Waals surface area contributed by atoms with Crippen LogP contribution in [0.25, 0.3) is 11.4 Å². The van der Waals surface area contributed by atoms with Gasteiger partial charge in [0.25, 0.3) is 6.43 Å². The highest BCUT2D eigenvalue weighted by Crippen LogP contribution is 2.24. The largest absolute Gasteiger partial charge is 0.464 e. The highest BCUT2D eigenvalue weighted by molar-refractivity contribution is 5.87. The van der Waals surface area contributed by atoms with E-state index < -0.39 is 12.4 Å². The molecule has 0 bridgehead atoms. The normalized spacial score (nSPS) is 10.7. The molecule has 94 valence electrons. The van der Waals surface area contributed by atoms with E-state index >= 15 is 0 Å². The Morgan fingerprint density at radius 3 is 2.89 bits per heavy atom. The topological polar surface area (TPSA) is 55.0 Å². The number of halogens is 2. The predicted octanol–water partition coefficient (Wildman–Crippen LogP) is 2.80. The molecule has 0 amide bonds. The second-order valence-electron chi connectivity index (χ2n) is 3.56. The van der Waals surface area contributed by atoms with Crippen molar-refractivity contribution in [1.82, 2.24) is 9.97 Å². The van der Waals surface area contributed by atoms with E-state index in [0.717, 1.165) is 0 Å². The van der Waals surface area contributed by atoms with E-state index in [9.17, 15) is 13.6 Å². The van der Waals surface area contributed by atoms with Gasteiger partial charge in [-0.05, 0) is 6.07 Å². The third-order valence-electron chi connectivity index (χ3n) is 2.39. The first-order chi connectivity index (χ1) is 8.61. The molecule has 0 fully saturated rings. The fraction of sp³-hybridized carbons (Fsp3) is 0.167. The highest BCUT2D eigenvalue weighted by atomic mass is 19.3. The molecule has 0 spiro atoms. The summed E-state index contributed by atoms with van der Waals surface area (Å²) in [6.07, 6.45) is -1.24. The van der Waals surface area contributed by atoms with Gasteiger partial charge in [-0.25, -0.2) is 18.6 Å². The number of rotatable bonds is 3. The number of alkyl halides is 2. The lowest BCUT2D eigenvalue weighted by Crippen LogP contribution is -2.00. The SMILES string of the molecule is COC(=O)c1cnc(-c2cccc(C(F)F)c2)[nH]1. The van der Waals surface area contributed by atoms with Gasteiger partial charge in [-0.2, -0.15) is 0 Å². The predicted molar refractivity (Wildman–Crippen MR) is 60.3 cm³/mol. The van der Waals surface area contributed by atoms with Gasteiger partial charge < -0.3 is 9.72 Å².